The van der Waals surface area contributed by atoms with Crippen molar-refractivity contribution in [2.24, 2.45) is 10.9 Å². The zero-order valence-electron chi connectivity index (χ0n) is 18.4. The molecule has 1 aromatic heterocycles. The number of nitrogens with zero attached hydrogens (tertiary/aromatic N) is 2. The van der Waals surface area contributed by atoms with E-state index in [2.05, 4.69) is 16.9 Å². The van der Waals surface area contributed by atoms with Crippen molar-refractivity contribution in [2.45, 2.75) is 58.0 Å². The van der Waals surface area contributed by atoms with Gasteiger partial charge < -0.3 is 15.5 Å². The van der Waals surface area contributed by atoms with Crippen LogP contribution in [0.4, 0.5) is 5.69 Å². The third-order valence-electron chi connectivity index (χ3n) is 5.73. The number of nitrogens with one attached hydrogen (secondary N) is 1. The number of hydrogen-bond donors (Lipinski definition) is 3. The Morgan fingerprint density at radius 2 is 2.06 bits per heavy atom. The van der Waals surface area contributed by atoms with E-state index in [-0.39, 0.29) is 18.2 Å². The Balaban J connectivity index is 1.94. The van der Waals surface area contributed by atoms with Gasteiger partial charge in [-0.3, -0.25) is 9.79 Å². The highest BCUT2D eigenvalue weighted by molar-refractivity contribution is 7.18. The van der Waals surface area contributed by atoms with Gasteiger partial charge in [0.25, 0.3) is 5.91 Å². The van der Waals surface area contributed by atoms with Crippen LogP contribution in [0.3, 0.4) is 0 Å². The summed E-state index contributed by atoms with van der Waals surface area (Å²) < 4.78 is 0.991. The van der Waals surface area contributed by atoms with Crippen molar-refractivity contribution in [1.82, 2.24) is 4.98 Å². The van der Waals surface area contributed by atoms with Crippen LogP contribution in [0.25, 0.3) is 10.2 Å². The van der Waals surface area contributed by atoms with Gasteiger partial charge in [0, 0.05) is 30.0 Å². The monoisotopic (exact) mass is 441 g/mol. The molecule has 1 aliphatic carbocycles. The molecule has 1 fully saturated rings. The molecule has 0 saturated heterocycles. The van der Waals surface area contributed by atoms with Gasteiger partial charge in [0.15, 0.2) is 0 Å². The van der Waals surface area contributed by atoms with E-state index in [1.165, 1.54) is 12.3 Å². The second-order valence-corrected chi connectivity index (χ2v) is 9.58. The number of hydrogen-bond acceptors (Lipinski definition) is 6. The number of amides is 1. The maximum Gasteiger partial charge on any atom is 0.273 e. The first kappa shape index (κ1) is 23.3. The molecule has 7 heteroatoms. The Kier molecular flexibility index (Phi) is 7.41. The molecule has 0 radical (unpaired) electrons. The molecule has 0 atom stereocenters. The number of aliphatic imine (C=N–C) groups is 1. The van der Waals surface area contributed by atoms with Crippen LogP contribution in [-0.4, -0.2) is 33.9 Å². The normalized spacial score (nSPS) is 20.4. The molecule has 0 bridgehead atoms. The smallest absolute Gasteiger partial charge is 0.273 e. The molecule has 2 aromatic rings. The van der Waals surface area contributed by atoms with Crippen molar-refractivity contribution in [1.29, 1.82) is 0 Å². The predicted molar refractivity (Wildman–Crippen MR) is 128 cm³/mol. The summed E-state index contributed by atoms with van der Waals surface area (Å²) in [7, 11) is 0. The largest absolute Gasteiger partial charge is 0.396 e. The molecule has 1 aromatic carbocycles. The highest BCUT2D eigenvalue weighted by atomic mass is 32.1. The van der Waals surface area contributed by atoms with E-state index in [9.17, 15) is 15.0 Å². The molecule has 3 rings (SSSR count). The summed E-state index contributed by atoms with van der Waals surface area (Å²) in [6, 6.07) is 3.76. The van der Waals surface area contributed by atoms with Crippen molar-refractivity contribution in [3.05, 3.63) is 47.1 Å². The molecule has 6 nitrogen and oxygen atoms in total. The molecule has 3 N–H and O–H groups in total. The molecule has 1 heterocycles. The average Bonchev–Trinajstić information content (AvgIpc) is 3.16. The SMILES string of the molecule is C=C/C=N\C(=C/C)C(=O)Nc1cc2nc(C3CCC(CO)CC3)sc2cc1C(C)(C)O. The molecule has 0 spiro atoms. The first-order chi connectivity index (χ1) is 14.8. The van der Waals surface area contributed by atoms with Crippen molar-refractivity contribution >= 4 is 39.4 Å². The third kappa shape index (κ3) is 5.47. The van der Waals surface area contributed by atoms with Crippen molar-refractivity contribution in [3.63, 3.8) is 0 Å². The van der Waals surface area contributed by atoms with Gasteiger partial charge >= 0.3 is 0 Å². The quantitative estimate of drug-likeness (QED) is 0.421. The highest BCUT2D eigenvalue weighted by Crippen LogP contribution is 2.41. The molecule has 31 heavy (non-hydrogen) atoms. The lowest BCUT2D eigenvalue weighted by Gasteiger charge is -2.25. The van der Waals surface area contributed by atoms with Crippen molar-refractivity contribution < 1.29 is 15.0 Å². The zero-order valence-corrected chi connectivity index (χ0v) is 19.2. The molecular formula is C24H31N3O3S. The zero-order chi connectivity index (χ0) is 22.6. The van der Waals surface area contributed by atoms with Gasteiger partial charge in [-0.1, -0.05) is 18.7 Å². The lowest BCUT2D eigenvalue weighted by atomic mass is 9.83. The Labute approximate surface area is 187 Å². The first-order valence-electron chi connectivity index (χ1n) is 10.7. The van der Waals surface area contributed by atoms with E-state index in [1.807, 2.05) is 12.1 Å². The molecule has 1 aliphatic rings. The summed E-state index contributed by atoms with van der Waals surface area (Å²) in [6.07, 6.45) is 8.69. The van der Waals surface area contributed by atoms with Gasteiger partial charge in [-0.15, -0.1) is 11.3 Å². The summed E-state index contributed by atoms with van der Waals surface area (Å²) >= 11 is 1.65. The number of benzene rings is 1. The van der Waals surface area contributed by atoms with Crippen LogP contribution in [-0.2, 0) is 10.4 Å². The minimum Gasteiger partial charge on any atom is -0.396 e. The van der Waals surface area contributed by atoms with Crippen LogP contribution in [0.5, 0.6) is 0 Å². The third-order valence-corrected chi connectivity index (χ3v) is 6.91. The number of anilines is 1. The van der Waals surface area contributed by atoms with E-state index in [0.717, 1.165) is 40.9 Å². The number of thiazole rings is 1. The maximum atomic E-state index is 12.7. The van der Waals surface area contributed by atoms with E-state index < -0.39 is 5.60 Å². The Hall–Kier alpha value is -2.35. The number of carbonyl (C=O) groups excluding carboxylic acids is 1. The van der Waals surface area contributed by atoms with Crippen LogP contribution in [0.1, 0.15) is 62.9 Å². The fourth-order valence-corrected chi connectivity index (χ4v) is 5.11. The average molecular weight is 442 g/mol. The fourth-order valence-electron chi connectivity index (χ4n) is 3.95. The van der Waals surface area contributed by atoms with E-state index in [0.29, 0.717) is 23.1 Å². The van der Waals surface area contributed by atoms with Crippen LogP contribution in [0, 0.1) is 5.92 Å². The minimum absolute atomic E-state index is 0.260. The second kappa shape index (κ2) is 9.85. The summed E-state index contributed by atoms with van der Waals surface area (Å²) in [5.74, 6) is 0.439. The van der Waals surface area contributed by atoms with Crippen LogP contribution < -0.4 is 5.32 Å². The van der Waals surface area contributed by atoms with Crippen LogP contribution in [0.2, 0.25) is 0 Å². The Morgan fingerprint density at radius 1 is 1.35 bits per heavy atom. The van der Waals surface area contributed by atoms with Crippen molar-refractivity contribution in [2.75, 3.05) is 11.9 Å². The van der Waals surface area contributed by atoms with Gasteiger partial charge in [0.2, 0.25) is 0 Å². The van der Waals surface area contributed by atoms with E-state index in [1.54, 1.807) is 38.2 Å². The second-order valence-electron chi connectivity index (χ2n) is 8.52. The molecule has 1 saturated carbocycles. The number of allylic oxidation sites excluding steroid dienone is 2. The molecule has 0 unspecified atom stereocenters. The number of aromatic nitrogens is 1. The summed E-state index contributed by atoms with van der Waals surface area (Å²) in [4.78, 5) is 21.7. The minimum atomic E-state index is -1.14. The summed E-state index contributed by atoms with van der Waals surface area (Å²) in [5.41, 5.74) is 1.10. The topological polar surface area (TPSA) is 94.8 Å². The van der Waals surface area contributed by atoms with E-state index >= 15 is 0 Å². The Bertz CT molecular complexity index is 1010. The number of fused-ring (bicyclic) bond motifs is 1. The lowest BCUT2D eigenvalue weighted by Crippen LogP contribution is -2.21. The van der Waals surface area contributed by atoms with Gasteiger partial charge in [0.1, 0.15) is 5.70 Å². The first-order valence-corrected chi connectivity index (χ1v) is 11.5. The molecule has 0 aliphatic heterocycles. The summed E-state index contributed by atoms with van der Waals surface area (Å²) in [5, 5.41) is 24.1. The van der Waals surface area contributed by atoms with Gasteiger partial charge in [0.05, 0.1) is 20.8 Å². The fraction of sp³-hybridized carbons (Fsp3) is 0.458. The molecule has 1 amide bonds. The van der Waals surface area contributed by atoms with Gasteiger partial charge in [-0.25, -0.2) is 4.98 Å². The number of aliphatic hydroxyl groups is 2. The predicted octanol–water partition coefficient (Wildman–Crippen LogP) is 4.89. The van der Waals surface area contributed by atoms with Gasteiger partial charge in [-0.05, 0) is 64.5 Å². The van der Waals surface area contributed by atoms with E-state index in [4.69, 9.17) is 4.98 Å². The highest BCUT2D eigenvalue weighted by Gasteiger charge is 2.27. The van der Waals surface area contributed by atoms with Crippen molar-refractivity contribution in [3.8, 4) is 0 Å². The summed E-state index contributed by atoms with van der Waals surface area (Å²) in [6.45, 7) is 8.99. The van der Waals surface area contributed by atoms with Gasteiger partial charge in [-0.2, -0.15) is 0 Å². The molecule has 166 valence electrons. The number of rotatable bonds is 7. The number of aliphatic hydroxyl groups excluding tert-OH is 1. The van der Waals surface area contributed by atoms with Crippen LogP contribution in [0.15, 0.2) is 41.6 Å². The van der Waals surface area contributed by atoms with Crippen LogP contribution >= 0.6 is 11.3 Å². The maximum absolute atomic E-state index is 12.7. The molecular weight excluding hydrogens is 410 g/mol. The standard InChI is InChI=1S/C24H31N3O3S/c1-5-11-25-18(6-2)22(29)26-19-13-20-21(12-17(19)24(3,4)30)31-23(27-20)16-9-7-15(14-28)8-10-16/h5-6,11-13,15-16,28,30H,1,7-10,14H2,2-4H3,(H,26,29)/b18-6-,25-11-. The Morgan fingerprint density at radius 3 is 2.65 bits per heavy atom. The lowest BCUT2D eigenvalue weighted by molar-refractivity contribution is -0.112. The number of carbonyl (C=O) groups is 1.